The third-order valence-electron chi connectivity index (χ3n) is 7.25. The molecule has 2 saturated heterocycles. The third-order valence-corrected chi connectivity index (χ3v) is 9.23. The Kier molecular flexibility index (Phi) is 6.99. The molecule has 2 N–H and O–H groups in total. The maximum absolute atomic E-state index is 14.7. The fourth-order valence-electron chi connectivity index (χ4n) is 5.11. The van der Waals surface area contributed by atoms with E-state index in [9.17, 15) is 26.8 Å². The van der Waals surface area contributed by atoms with Gasteiger partial charge in [-0.3, -0.25) is 9.59 Å². The summed E-state index contributed by atoms with van der Waals surface area (Å²) in [5, 5.41) is 11.5. The Hall–Kier alpha value is -2.60. The van der Waals surface area contributed by atoms with E-state index >= 15 is 0 Å². The summed E-state index contributed by atoms with van der Waals surface area (Å²) in [6.45, 7) is -0.0471. The molecule has 0 spiro atoms. The topological polar surface area (TPSA) is 113 Å². The van der Waals surface area contributed by atoms with E-state index in [2.05, 4.69) is 5.32 Å². The summed E-state index contributed by atoms with van der Waals surface area (Å²) in [6, 6.07) is 5.46. The predicted molar refractivity (Wildman–Crippen MR) is 129 cm³/mol. The smallest absolute Gasteiger partial charge is 0.254 e. The zero-order valence-corrected chi connectivity index (χ0v) is 21.1. The zero-order chi connectivity index (χ0) is 26.5. The molecular formula is C25H25ClF2N2O6S. The number of hydrogen-bond donors (Lipinski definition) is 2. The molecule has 2 aromatic rings. The van der Waals surface area contributed by atoms with E-state index in [0.717, 1.165) is 18.6 Å². The minimum Gasteiger partial charge on any atom is -0.395 e. The summed E-state index contributed by atoms with van der Waals surface area (Å²) in [5.41, 5.74) is 0.0606. The summed E-state index contributed by atoms with van der Waals surface area (Å²) >= 11 is 5.70. The Morgan fingerprint density at radius 1 is 1.16 bits per heavy atom. The predicted octanol–water partition coefficient (Wildman–Crippen LogP) is 2.49. The second-order valence-electron chi connectivity index (χ2n) is 9.67. The summed E-state index contributed by atoms with van der Waals surface area (Å²) in [6.07, 6.45) is 1.14. The van der Waals surface area contributed by atoms with Crippen molar-refractivity contribution in [1.82, 2.24) is 10.2 Å². The molecule has 4 atom stereocenters. The zero-order valence-electron chi connectivity index (χ0n) is 19.6. The van der Waals surface area contributed by atoms with Crippen LogP contribution in [0.4, 0.5) is 8.78 Å². The number of aliphatic hydroxyl groups is 1. The van der Waals surface area contributed by atoms with Crippen molar-refractivity contribution in [2.45, 2.75) is 35.9 Å². The fraction of sp³-hybridized carbons (Fsp3) is 0.440. The van der Waals surface area contributed by atoms with Gasteiger partial charge in [0.1, 0.15) is 17.7 Å². The normalized spacial score (nSPS) is 23.8. The molecule has 2 amide bonds. The average molecular weight is 555 g/mol. The lowest BCUT2D eigenvalue weighted by atomic mass is 9.90. The number of amides is 2. The van der Waals surface area contributed by atoms with Gasteiger partial charge in [0.05, 0.1) is 41.5 Å². The number of piperidine rings is 1. The minimum atomic E-state index is -3.77. The Labute approximate surface area is 217 Å². The van der Waals surface area contributed by atoms with E-state index in [-0.39, 0.29) is 52.1 Å². The molecule has 0 radical (unpaired) electrons. The number of fused-ring (bicyclic) bond motifs is 1. The Morgan fingerprint density at radius 2 is 1.92 bits per heavy atom. The van der Waals surface area contributed by atoms with Gasteiger partial charge in [-0.05, 0) is 49.1 Å². The fourth-order valence-corrected chi connectivity index (χ4v) is 6.33. The highest BCUT2D eigenvalue weighted by Gasteiger charge is 2.56. The summed E-state index contributed by atoms with van der Waals surface area (Å²) in [4.78, 5) is 28.3. The van der Waals surface area contributed by atoms with Crippen molar-refractivity contribution in [3.8, 4) is 0 Å². The monoisotopic (exact) mass is 554 g/mol. The van der Waals surface area contributed by atoms with Gasteiger partial charge in [-0.2, -0.15) is 0 Å². The molecule has 1 saturated carbocycles. The highest BCUT2D eigenvalue weighted by molar-refractivity contribution is 7.91. The standard InChI is InChI=1S/C25H25ClF2N2O6S/c26-18-10-19(27)17(9-20(18)28)23(15-11-36-12-15)29-24(32)22-8-14-7-21(14)30(22)25(33)13-2-1-3-16(6-13)37(34,35)5-4-31/h1-3,6,9-10,14-15,21-23,31H,4-5,7-8,11-12H2,(H,29,32)/t14-,21-,22-,23-/m1/s1. The van der Waals surface area contributed by atoms with Crippen LogP contribution in [0.5, 0.6) is 0 Å². The van der Waals surface area contributed by atoms with Gasteiger partial charge in [-0.15, -0.1) is 0 Å². The number of ether oxygens (including phenoxy) is 1. The summed E-state index contributed by atoms with van der Waals surface area (Å²) < 4.78 is 58.9. The first-order valence-corrected chi connectivity index (χ1v) is 13.9. The number of sulfone groups is 1. The van der Waals surface area contributed by atoms with Crippen LogP contribution in [-0.4, -0.2) is 67.9 Å². The van der Waals surface area contributed by atoms with Crippen LogP contribution >= 0.6 is 11.6 Å². The van der Waals surface area contributed by atoms with Gasteiger partial charge < -0.3 is 20.1 Å². The van der Waals surface area contributed by atoms with Crippen LogP contribution in [0.1, 0.15) is 34.8 Å². The number of benzene rings is 2. The average Bonchev–Trinajstić information content (AvgIpc) is 3.49. The van der Waals surface area contributed by atoms with E-state index in [4.69, 9.17) is 21.4 Å². The number of likely N-dealkylation sites (tertiary alicyclic amines) is 1. The summed E-state index contributed by atoms with van der Waals surface area (Å²) in [5.74, 6) is -3.18. The van der Waals surface area contributed by atoms with Crippen molar-refractivity contribution >= 4 is 33.3 Å². The van der Waals surface area contributed by atoms with Gasteiger partial charge in [0.15, 0.2) is 9.84 Å². The molecule has 37 heavy (non-hydrogen) atoms. The lowest BCUT2D eigenvalue weighted by Gasteiger charge is -2.36. The molecular weight excluding hydrogens is 530 g/mol. The van der Waals surface area contributed by atoms with Crippen LogP contribution in [0, 0.1) is 23.5 Å². The van der Waals surface area contributed by atoms with Crippen LogP contribution in [0.3, 0.4) is 0 Å². The molecule has 5 rings (SSSR count). The first kappa shape index (κ1) is 26.0. The van der Waals surface area contributed by atoms with Gasteiger partial charge in [-0.25, -0.2) is 17.2 Å². The number of carbonyl (C=O) groups is 2. The van der Waals surface area contributed by atoms with Gasteiger partial charge in [0, 0.05) is 23.1 Å². The number of hydrogen-bond acceptors (Lipinski definition) is 6. The van der Waals surface area contributed by atoms with E-state index in [1.165, 1.54) is 29.2 Å². The number of halogens is 3. The van der Waals surface area contributed by atoms with Gasteiger partial charge in [0.25, 0.3) is 5.91 Å². The molecule has 2 aliphatic heterocycles. The lowest BCUT2D eigenvalue weighted by molar-refractivity contribution is -0.128. The molecule has 2 aromatic carbocycles. The van der Waals surface area contributed by atoms with Gasteiger partial charge in [0.2, 0.25) is 5.91 Å². The molecule has 1 aliphatic carbocycles. The molecule has 12 heteroatoms. The highest BCUT2D eigenvalue weighted by atomic mass is 35.5. The number of aliphatic hydroxyl groups excluding tert-OH is 1. The van der Waals surface area contributed by atoms with Crippen LogP contribution < -0.4 is 5.32 Å². The van der Waals surface area contributed by atoms with Crippen molar-refractivity contribution in [2.75, 3.05) is 25.6 Å². The lowest BCUT2D eigenvalue weighted by Crippen LogP contribution is -2.51. The van der Waals surface area contributed by atoms with Gasteiger partial charge >= 0.3 is 0 Å². The minimum absolute atomic E-state index is 0.0497. The van der Waals surface area contributed by atoms with Crippen molar-refractivity contribution < 1.29 is 36.6 Å². The molecule has 8 nitrogen and oxygen atoms in total. The van der Waals surface area contributed by atoms with Crippen LogP contribution in [0.25, 0.3) is 0 Å². The molecule has 3 fully saturated rings. The second-order valence-corrected chi connectivity index (χ2v) is 12.2. The molecule has 198 valence electrons. The van der Waals surface area contributed by atoms with Crippen molar-refractivity contribution in [3.63, 3.8) is 0 Å². The van der Waals surface area contributed by atoms with E-state index in [1.54, 1.807) is 0 Å². The van der Waals surface area contributed by atoms with Crippen molar-refractivity contribution in [3.05, 3.63) is 64.2 Å². The van der Waals surface area contributed by atoms with Crippen LogP contribution in [0.15, 0.2) is 41.3 Å². The Morgan fingerprint density at radius 3 is 2.59 bits per heavy atom. The SMILES string of the molecule is O=C(N[C@@H](c1cc(F)c(Cl)cc1F)C1COC1)[C@H]1C[C@H]2C[C@H]2N1C(=O)c1cccc(S(=O)(=O)CCO)c1. The summed E-state index contributed by atoms with van der Waals surface area (Å²) in [7, 11) is -3.77. The quantitative estimate of drug-likeness (QED) is 0.485. The Bertz CT molecular complexity index is 1350. The maximum atomic E-state index is 14.7. The first-order valence-electron chi connectivity index (χ1n) is 11.9. The molecule has 2 heterocycles. The largest absolute Gasteiger partial charge is 0.395 e. The number of nitrogens with zero attached hydrogens (tertiary/aromatic N) is 1. The maximum Gasteiger partial charge on any atom is 0.254 e. The molecule has 0 aromatic heterocycles. The van der Waals surface area contributed by atoms with Crippen LogP contribution in [-0.2, 0) is 19.4 Å². The van der Waals surface area contributed by atoms with Gasteiger partial charge in [-0.1, -0.05) is 17.7 Å². The van der Waals surface area contributed by atoms with E-state index in [0.29, 0.717) is 6.42 Å². The number of nitrogens with one attached hydrogen (secondary N) is 1. The van der Waals surface area contributed by atoms with E-state index in [1.807, 2.05) is 0 Å². The molecule has 0 unspecified atom stereocenters. The number of carbonyl (C=O) groups excluding carboxylic acids is 2. The van der Waals surface area contributed by atoms with E-state index < -0.39 is 57.7 Å². The molecule has 3 aliphatic rings. The second kappa shape index (κ2) is 9.94. The molecule has 0 bridgehead atoms. The van der Waals surface area contributed by atoms with Crippen LogP contribution in [0.2, 0.25) is 5.02 Å². The number of rotatable bonds is 8. The third kappa shape index (κ3) is 4.97. The van der Waals surface area contributed by atoms with Crippen molar-refractivity contribution in [2.24, 2.45) is 11.8 Å². The van der Waals surface area contributed by atoms with Crippen molar-refractivity contribution in [1.29, 1.82) is 0 Å². The first-order chi connectivity index (χ1) is 17.6. The Balaban J connectivity index is 1.39. The highest BCUT2D eigenvalue weighted by Crippen LogP contribution is 2.48.